The fourth-order valence-electron chi connectivity index (χ4n) is 3.63. The second kappa shape index (κ2) is 9.45. The summed E-state index contributed by atoms with van der Waals surface area (Å²) >= 11 is 6.59. The van der Waals surface area contributed by atoms with Crippen molar-refractivity contribution in [3.8, 4) is 0 Å². The molecule has 7 heteroatoms. The number of urea groups is 1. The lowest BCUT2D eigenvalue weighted by molar-refractivity contribution is -0.137. The summed E-state index contributed by atoms with van der Waals surface area (Å²) in [6, 6.07) is 5.17. The van der Waals surface area contributed by atoms with Crippen molar-refractivity contribution in [2.75, 3.05) is 6.54 Å². The summed E-state index contributed by atoms with van der Waals surface area (Å²) in [6.07, 6.45) is 3.13. The molecule has 2 atom stereocenters. The second-order valence-corrected chi connectivity index (χ2v) is 9.82. The number of aliphatic hydroxyl groups is 1. The van der Waals surface area contributed by atoms with Gasteiger partial charge in [-0.05, 0) is 34.1 Å². The van der Waals surface area contributed by atoms with Gasteiger partial charge in [0.05, 0.1) is 12.5 Å². The first-order valence-electron chi connectivity index (χ1n) is 10.4. The normalized spacial score (nSPS) is 20.3. The largest absolute Gasteiger partial charge is 0.481 e. The number of hydrogen-bond donors (Lipinski definition) is 3. The average Bonchev–Trinajstić information content (AvgIpc) is 2.66. The van der Waals surface area contributed by atoms with Crippen molar-refractivity contribution in [3.05, 3.63) is 58.8 Å². The number of halogens is 1. The fourth-order valence-corrected chi connectivity index (χ4v) is 3.88. The summed E-state index contributed by atoms with van der Waals surface area (Å²) in [5.41, 5.74) is 1.23. The fraction of sp³-hybridized carbons (Fsp3) is 0.500. The van der Waals surface area contributed by atoms with E-state index in [1.165, 1.54) is 4.90 Å². The molecule has 6 nitrogen and oxygen atoms in total. The Labute approximate surface area is 189 Å². The van der Waals surface area contributed by atoms with E-state index in [4.69, 9.17) is 16.7 Å². The SMILES string of the molecule is C=C[C@@]1(c2ccc(CC(O)C(C)(C)C)c(Cl)c2)NC(=O)N(CCC(=O)O)C=C1C(C)C. The number of hydrogen-bond acceptors (Lipinski definition) is 3. The van der Waals surface area contributed by atoms with Gasteiger partial charge in [0.25, 0.3) is 0 Å². The molecule has 1 aromatic rings. The third-order valence-electron chi connectivity index (χ3n) is 5.73. The summed E-state index contributed by atoms with van der Waals surface area (Å²) in [5.74, 6) is -0.917. The number of aliphatic hydroxyl groups excluding tert-OH is 1. The summed E-state index contributed by atoms with van der Waals surface area (Å²) < 4.78 is 0. The van der Waals surface area contributed by atoms with Gasteiger partial charge in [0, 0.05) is 24.2 Å². The molecule has 2 amide bonds. The van der Waals surface area contributed by atoms with Gasteiger partial charge in [-0.2, -0.15) is 0 Å². The van der Waals surface area contributed by atoms with E-state index < -0.39 is 23.6 Å². The molecule has 0 bridgehead atoms. The molecular formula is C24H33ClN2O4. The molecule has 1 unspecified atom stereocenters. The van der Waals surface area contributed by atoms with Gasteiger partial charge in [-0.1, -0.05) is 64.4 Å². The van der Waals surface area contributed by atoms with E-state index in [0.29, 0.717) is 11.4 Å². The van der Waals surface area contributed by atoms with E-state index in [2.05, 4.69) is 11.9 Å². The summed E-state index contributed by atoms with van der Waals surface area (Å²) in [7, 11) is 0. The smallest absolute Gasteiger partial charge is 0.322 e. The molecule has 0 fully saturated rings. The van der Waals surface area contributed by atoms with Gasteiger partial charge in [0.2, 0.25) is 0 Å². The number of nitrogens with zero attached hydrogens (tertiary/aromatic N) is 1. The Morgan fingerprint density at radius 1 is 1.35 bits per heavy atom. The molecule has 3 N–H and O–H groups in total. The molecule has 1 aliphatic heterocycles. The first kappa shape index (κ1) is 25.0. The van der Waals surface area contributed by atoms with Crippen molar-refractivity contribution in [1.82, 2.24) is 10.2 Å². The maximum absolute atomic E-state index is 12.8. The van der Waals surface area contributed by atoms with Crippen molar-refractivity contribution >= 4 is 23.6 Å². The number of rotatable bonds is 8. The van der Waals surface area contributed by atoms with Crippen LogP contribution in [0, 0.1) is 11.3 Å². The zero-order valence-electron chi connectivity index (χ0n) is 18.9. The van der Waals surface area contributed by atoms with E-state index >= 15 is 0 Å². The van der Waals surface area contributed by atoms with Crippen molar-refractivity contribution in [2.24, 2.45) is 11.3 Å². The van der Waals surface area contributed by atoms with Gasteiger partial charge in [0.1, 0.15) is 5.54 Å². The van der Waals surface area contributed by atoms with Crippen LogP contribution in [-0.4, -0.2) is 39.8 Å². The average molecular weight is 449 g/mol. The second-order valence-electron chi connectivity index (χ2n) is 9.41. The Hall–Kier alpha value is -2.31. The van der Waals surface area contributed by atoms with Crippen LogP contribution >= 0.6 is 11.6 Å². The first-order chi connectivity index (χ1) is 14.3. The van der Waals surface area contributed by atoms with Gasteiger partial charge in [-0.3, -0.25) is 4.79 Å². The van der Waals surface area contributed by atoms with Crippen molar-refractivity contribution in [3.63, 3.8) is 0 Å². The Kier molecular flexibility index (Phi) is 7.61. The molecule has 2 rings (SSSR count). The first-order valence-corrected chi connectivity index (χ1v) is 10.8. The van der Waals surface area contributed by atoms with E-state index in [1.807, 2.05) is 46.8 Å². The lowest BCUT2D eigenvalue weighted by atomic mass is 9.76. The lowest BCUT2D eigenvalue weighted by Gasteiger charge is -2.42. The predicted molar refractivity (Wildman–Crippen MR) is 123 cm³/mol. The quantitative estimate of drug-likeness (QED) is 0.502. The van der Waals surface area contributed by atoms with Crippen molar-refractivity contribution < 1.29 is 19.8 Å². The highest BCUT2D eigenvalue weighted by Crippen LogP contribution is 2.40. The minimum absolute atomic E-state index is 0.0482. The van der Waals surface area contributed by atoms with Crippen LogP contribution in [0.25, 0.3) is 0 Å². The Bertz CT molecular complexity index is 888. The zero-order valence-corrected chi connectivity index (χ0v) is 19.7. The number of amides is 2. The molecule has 0 radical (unpaired) electrons. The molecule has 0 spiro atoms. The minimum Gasteiger partial charge on any atom is -0.481 e. The van der Waals surface area contributed by atoms with E-state index in [-0.39, 0.29) is 24.3 Å². The van der Waals surface area contributed by atoms with Gasteiger partial charge in [-0.25, -0.2) is 4.79 Å². The van der Waals surface area contributed by atoms with Gasteiger partial charge in [0.15, 0.2) is 0 Å². The topological polar surface area (TPSA) is 89.9 Å². The minimum atomic E-state index is -0.965. The van der Waals surface area contributed by atoms with Crippen LogP contribution < -0.4 is 5.32 Å². The van der Waals surface area contributed by atoms with Crippen molar-refractivity contribution in [1.29, 1.82) is 0 Å². The summed E-state index contributed by atoms with van der Waals surface area (Å²) in [6.45, 7) is 14.0. The van der Waals surface area contributed by atoms with Crippen LogP contribution in [0.3, 0.4) is 0 Å². The van der Waals surface area contributed by atoms with E-state index in [9.17, 15) is 14.7 Å². The Balaban J connectivity index is 2.47. The maximum Gasteiger partial charge on any atom is 0.322 e. The van der Waals surface area contributed by atoms with Crippen LogP contribution in [0.4, 0.5) is 4.79 Å². The monoisotopic (exact) mass is 448 g/mol. The molecule has 1 aliphatic rings. The number of carbonyl (C=O) groups excluding carboxylic acids is 1. The van der Waals surface area contributed by atoms with Crippen molar-refractivity contribution in [2.45, 2.75) is 59.1 Å². The molecule has 0 saturated carbocycles. The number of benzene rings is 1. The third kappa shape index (κ3) is 5.49. The molecule has 31 heavy (non-hydrogen) atoms. The third-order valence-corrected chi connectivity index (χ3v) is 6.08. The van der Waals surface area contributed by atoms with E-state index in [1.54, 1.807) is 18.3 Å². The molecule has 0 aromatic heterocycles. The Morgan fingerprint density at radius 2 is 2.00 bits per heavy atom. The maximum atomic E-state index is 12.8. The highest BCUT2D eigenvalue weighted by Gasteiger charge is 2.41. The standard InChI is InChI=1S/C24H33ClN2O4/c1-7-24(17-9-8-16(19(25)13-17)12-20(28)23(4,5)6)18(15(2)3)14-27(22(31)26-24)11-10-21(29)30/h7-9,13-15,20,28H,1,10-12H2,2-6H3,(H,26,31)(H,29,30)/t20?,24-/m0/s1. The molecule has 170 valence electrons. The number of aliphatic carboxylic acids is 1. The Morgan fingerprint density at radius 3 is 2.48 bits per heavy atom. The molecule has 1 aromatic carbocycles. The van der Waals surface area contributed by atoms with Crippen LogP contribution in [0.15, 0.2) is 42.6 Å². The highest BCUT2D eigenvalue weighted by molar-refractivity contribution is 6.31. The van der Waals surface area contributed by atoms with Gasteiger partial charge >= 0.3 is 12.0 Å². The molecule has 0 saturated heterocycles. The van der Waals surface area contributed by atoms with Crippen LogP contribution in [0.1, 0.15) is 52.2 Å². The summed E-state index contributed by atoms with van der Waals surface area (Å²) in [4.78, 5) is 25.1. The number of carbonyl (C=O) groups is 2. The zero-order chi connectivity index (χ0) is 23.6. The van der Waals surface area contributed by atoms with E-state index in [0.717, 1.165) is 16.7 Å². The van der Waals surface area contributed by atoms with Crippen LogP contribution in [0.5, 0.6) is 0 Å². The molecule has 0 aliphatic carbocycles. The number of carboxylic acid groups (broad SMARTS) is 1. The lowest BCUT2D eigenvalue weighted by Crippen LogP contribution is -2.55. The van der Waals surface area contributed by atoms with Gasteiger partial charge in [-0.15, -0.1) is 6.58 Å². The number of nitrogens with one attached hydrogen (secondary N) is 1. The van der Waals surface area contributed by atoms with Crippen LogP contribution in [-0.2, 0) is 16.8 Å². The van der Waals surface area contributed by atoms with Gasteiger partial charge < -0.3 is 20.4 Å². The number of carboxylic acids is 1. The molecule has 1 heterocycles. The highest BCUT2D eigenvalue weighted by atomic mass is 35.5. The summed E-state index contributed by atoms with van der Waals surface area (Å²) in [5, 5.41) is 23.0. The predicted octanol–water partition coefficient (Wildman–Crippen LogP) is 4.71. The molecular weight excluding hydrogens is 416 g/mol. The van der Waals surface area contributed by atoms with Crippen LogP contribution in [0.2, 0.25) is 5.02 Å².